The van der Waals surface area contributed by atoms with Crippen LogP contribution < -0.4 is 5.32 Å². The van der Waals surface area contributed by atoms with Crippen LogP contribution in [0.1, 0.15) is 27.9 Å². The first-order chi connectivity index (χ1) is 13.0. The molecule has 0 radical (unpaired) electrons. The van der Waals surface area contributed by atoms with Crippen molar-refractivity contribution in [2.45, 2.75) is 26.1 Å². The average Bonchev–Trinajstić information content (AvgIpc) is 3.25. The standard InChI is InChI=1S/C21H23BN2O3/c1-22(27)24-10-9-21(14-24,13-15-5-3-2-4-6-15)20(26)16-7-8-18-17(11-16)12-19(25)23-18/h2-8,11,27H,9-10,12-14H2,1H3,(H,23,25). The highest BCUT2D eigenvalue weighted by atomic mass is 16.2. The minimum atomic E-state index is -0.572. The van der Waals surface area contributed by atoms with Gasteiger partial charge in [0.25, 0.3) is 0 Å². The van der Waals surface area contributed by atoms with E-state index in [1.54, 1.807) is 6.82 Å². The predicted octanol–water partition coefficient (Wildman–Crippen LogP) is 2.41. The van der Waals surface area contributed by atoms with Gasteiger partial charge in [-0.05, 0) is 55.5 Å². The number of fused-ring (bicyclic) bond motifs is 1. The molecule has 2 aliphatic heterocycles. The van der Waals surface area contributed by atoms with Gasteiger partial charge in [0.2, 0.25) is 5.91 Å². The first-order valence-corrected chi connectivity index (χ1v) is 9.40. The summed E-state index contributed by atoms with van der Waals surface area (Å²) in [6, 6.07) is 15.5. The highest BCUT2D eigenvalue weighted by molar-refractivity contribution is 6.45. The number of rotatable bonds is 5. The van der Waals surface area contributed by atoms with Gasteiger partial charge in [0.1, 0.15) is 0 Å². The number of amides is 1. The molecule has 2 N–H and O–H groups in total. The fourth-order valence-corrected chi connectivity index (χ4v) is 4.30. The summed E-state index contributed by atoms with van der Waals surface area (Å²) < 4.78 is 0. The molecule has 1 fully saturated rings. The molecule has 2 aromatic carbocycles. The van der Waals surface area contributed by atoms with Crippen molar-refractivity contribution in [1.29, 1.82) is 0 Å². The van der Waals surface area contributed by atoms with Gasteiger partial charge in [-0.15, -0.1) is 0 Å². The van der Waals surface area contributed by atoms with Crippen LogP contribution in [0.15, 0.2) is 48.5 Å². The maximum atomic E-state index is 13.6. The average molecular weight is 362 g/mol. The number of nitrogens with zero attached hydrogens (tertiary/aromatic N) is 1. The Morgan fingerprint density at radius 2 is 2.04 bits per heavy atom. The number of carbonyl (C=O) groups excluding carboxylic acids is 2. The fraction of sp³-hybridized carbons (Fsp3) is 0.333. The van der Waals surface area contributed by atoms with Crippen molar-refractivity contribution >= 4 is 24.4 Å². The molecule has 2 aliphatic rings. The van der Waals surface area contributed by atoms with Gasteiger partial charge in [-0.2, -0.15) is 0 Å². The first-order valence-electron chi connectivity index (χ1n) is 9.40. The second-order valence-electron chi connectivity index (χ2n) is 7.72. The minimum absolute atomic E-state index is 0.0326. The molecule has 0 aliphatic carbocycles. The van der Waals surface area contributed by atoms with Crippen molar-refractivity contribution in [3.63, 3.8) is 0 Å². The normalized spacial score (nSPS) is 21.8. The minimum Gasteiger partial charge on any atom is -0.437 e. The Kier molecular flexibility index (Phi) is 4.62. The highest BCUT2D eigenvalue weighted by Crippen LogP contribution is 2.39. The van der Waals surface area contributed by atoms with Gasteiger partial charge >= 0.3 is 7.05 Å². The van der Waals surface area contributed by atoms with Crippen LogP contribution in [0.3, 0.4) is 0 Å². The van der Waals surface area contributed by atoms with E-state index in [0.29, 0.717) is 37.9 Å². The lowest BCUT2D eigenvalue weighted by atomic mass is 9.74. The molecule has 2 heterocycles. The van der Waals surface area contributed by atoms with Gasteiger partial charge in [-0.1, -0.05) is 30.3 Å². The summed E-state index contributed by atoms with van der Waals surface area (Å²) in [6.45, 7) is 2.98. The van der Waals surface area contributed by atoms with Crippen molar-refractivity contribution in [2.24, 2.45) is 5.41 Å². The molecular formula is C21H23BN2O3. The van der Waals surface area contributed by atoms with E-state index in [-0.39, 0.29) is 11.7 Å². The highest BCUT2D eigenvalue weighted by Gasteiger charge is 2.46. The molecule has 0 bridgehead atoms. The molecule has 0 spiro atoms. The zero-order chi connectivity index (χ0) is 19.0. The molecule has 2 aromatic rings. The quantitative estimate of drug-likeness (QED) is 0.633. The first kappa shape index (κ1) is 18.0. The molecule has 1 amide bonds. The lowest BCUT2D eigenvalue weighted by Crippen LogP contribution is -2.41. The number of carbonyl (C=O) groups is 2. The summed E-state index contributed by atoms with van der Waals surface area (Å²) in [4.78, 5) is 27.2. The van der Waals surface area contributed by atoms with E-state index >= 15 is 0 Å². The van der Waals surface area contributed by atoms with Crippen LogP contribution in [-0.4, -0.2) is 41.7 Å². The van der Waals surface area contributed by atoms with E-state index in [1.165, 1.54) is 0 Å². The molecule has 1 saturated heterocycles. The topological polar surface area (TPSA) is 69.6 Å². The monoisotopic (exact) mass is 362 g/mol. The third-order valence-corrected chi connectivity index (χ3v) is 5.77. The Balaban J connectivity index is 1.67. The van der Waals surface area contributed by atoms with Gasteiger partial charge in [-0.25, -0.2) is 0 Å². The Hall–Kier alpha value is -2.44. The zero-order valence-corrected chi connectivity index (χ0v) is 15.4. The van der Waals surface area contributed by atoms with Crippen molar-refractivity contribution in [3.8, 4) is 0 Å². The van der Waals surface area contributed by atoms with Crippen molar-refractivity contribution in [2.75, 3.05) is 18.4 Å². The van der Waals surface area contributed by atoms with E-state index in [2.05, 4.69) is 5.32 Å². The number of anilines is 1. The maximum Gasteiger partial charge on any atom is 0.376 e. The molecule has 0 saturated carbocycles. The Labute approximate surface area is 159 Å². The number of hydrogen-bond donors (Lipinski definition) is 2. The van der Waals surface area contributed by atoms with Crippen molar-refractivity contribution in [1.82, 2.24) is 4.81 Å². The van der Waals surface area contributed by atoms with Crippen LogP contribution in [0.4, 0.5) is 5.69 Å². The van der Waals surface area contributed by atoms with E-state index in [9.17, 15) is 14.6 Å². The van der Waals surface area contributed by atoms with Gasteiger partial charge in [-0.3, -0.25) is 9.59 Å². The Morgan fingerprint density at radius 3 is 2.74 bits per heavy atom. The van der Waals surface area contributed by atoms with Crippen LogP contribution in [-0.2, 0) is 17.6 Å². The molecule has 5 nitrogen and oxygen atoms in total. The number of nitrogens with one attached hydrogen (secondary N) is 1. The number of ketones is 1. The predicted molar refractivity (Wildman–Crippen MR) is 106 cm³/mol. The van der Waals surface area contributed by atoms with Crippen molar-refractivity contribution < 1.29 is 14.6 Å². The summed E-state index contributed by atoms with van der Waals surface area (Å²) in [6.07, 6.45) is 1.67. The molecular weight excluding hydrogens is 339 g/mol. The molecule has 138 valence electrons. The molecule has 1 atom stereocenters. The van der Waals surface area contributed by atoms with Gasteiger partial charge in [0.15, 0.2) is 5.78 Å². The van der Waals surface area contributed by atoms with Crippen LogP contribution in [0.5, 0.6) is 0 Å². The molecule has 4 rings (SSSR count). The van der Waals surface area contributed by atoms with Crippen LogP contribution in [0, 0.1) is 5.41 Å². The van der Waals surface area contributed by atoms with E-state index in [4.69, 9.17) is 0 Å². The molecule has 6 heteroatoms. The lowest BCUT2D eigenvalue weighted by molar-refractivity contribution is -0.115. The maximum absolute atomic E-state index is 13.6. The Bertz CT molecular complexity index is 884. The zero-order valence-electron chi connectivity index (χ0n) is 15.4. The van der Waals surface area contributed by atoms with E-state index < -0.39 is 12.5 Å². The van der Waals surface area contributed by atoms with Gasteiger partial charge in [0, 0.05) is 17.8 Å². The van der Waals surface area contributed by atoms with Gasteiger partial charge < -0.3 is 15.2 Å². The van der Waals surface area contributed by atoms with Crippen LogP contribution in [0.25, 0.3) is 0 Å². The number of benzene rings is 2. The second-order valence-corrected chi connectivity index (χ2v) is 7.72. The number of hydrogen-bond acceptors (Lipinski definition) is 4. The van der Waals surface area contributed by atoms with E-state index in [0.717, 1.165) is 16.8 Å². The van der Waals surface area contributed by atoms with Crippen molar-refractivity contribution in [3.05, 3.63) is 65.2 Å². The third-order valence-electron chi connectivity index (χ3n) is 5.77. The lowest BCUT2D eigenvalue weighted by Gasteiger charge is -2.29. The molecule has 0 aromatic heterocycles. The summed E-state index contributed by atoms with van der Waals surface area (Å²) in [7, 11) is -0.572. The third kappa shape index (κ3) is 3.43. The largest absolute Gasteiger partial charge is 0.437 e. The SMILES string of the molecule is CB(O)N1CCC(Cc2ccccc2)(C(=O)c2ccc3c(c2)CC(=O)N3)C1. The summed E-state index contributed by atoms with van der Waals surface area (Å²) in [5.41, 5.74) is 2.88. The molecule has 27 heavy (non-hydrogen) atoms. The fourth-order valence-electron chi connectivity index (χ4n) is 4.30. The smallest absolute Gasteiger partial charge is 0.376 e. The van der Waals surface area contributed by atoms with Gasteiger partial charge in [0.05, 0.1) is 11.8 Å². The van der Waals surface area contributed by atoms with E-state index in [1.807, 2.05) is 53.3 Å². The number of Topliss-reactive ketones (excluding diaryl/α,β-unsaturated/α-hetero) is 1. The summed E-state index contributed by atoms with van der Waals surface area (Å²) >= 11 is 0. The summed E-state index contributed by atoms with van der Waals surface area (Å²) in [5.74, 6) is 0.0615. The molecule has 1 unspecified atom stereocenters. The van der Waals surface area contributed by atoms with Crippen LogP contribution in [0.2, 0.25) is 6.82 Å². The Morgan fingerprint density at radius 1 is 1.26 bits per heavy atom. The second kappa shape index (κ2) is 6.95. The van der Waals surface area contributed by atoms with Crippen LogP contribution >= 0.6 is 0 Å². The summed E-state index contributed by atoms with van der Waals surface area (Å²) in [5, 5.41) is 12.8.